The molecule has 1 aliphatic rings. The maximum Gasteiger partial charge on any atom is 0.142 e. The molecule has 1 unspecified atom stereocenters. The number of hydrogen-bond donors (Lipinski definition) is 1. The van der Waals surface area contributed by atoms with Gasteiger partial charge in [-0.1, -0.05) is 0 Å². The molecule has 2 N–H and O–H groups in total. The molecule has 0 spiro atoms. The Labute approximate surface area is 118 Å². The summed E-state index contributed by atoms with van der Waals surface area (Å²) in [5.41, 5.74) is 7.63. The zero-order valence-electron chi connectivity index (χ0n) is 10.0. The van der Waals surface area contributed by atoms with Crippen LogP contribution in [0, 0.1) is 5.82 Å². The summed E-state index contributed by atoms with van der Waals surface area (Å²) >= 11 is 3.35. The van der Waals surface area contributed by atoms with Gasteiger partial charge in [-0.2, -0.15) is 0 Å². The van der Waals surface area contributed by atoms with Crippen molar-refractivity contribution in [3.05, 3.63) is 58.1 Å². The second-order valence-electron chi connectivity index (χ2n) is 4.53. The maximum absolute atomic E-state index is 13.2. The van der Waals surface area contributed by atoms with Gasteiger partial charge >= 0.3 is 0 Å². The predicted octanol–water partition coefficient (Wildman–Crippen LogP) is 3.51. The number of pyridine rings is 1. The van der Waals surface area contributed by atoms with E-state index in [1.807, 2.05) is 12.1 Å². The number of nitrogens with zero attached hydrogens (tertiary/aromatic N) is 1. The van der Waals surface area contributed by atoms with E-state index < -0.39 is 0 Å². The highest BCUT2D eigenvalue weighted by molar-refractivity contribution is 9.10. The molecule has 2 atom stereocenters. The lowest BCUT2D eigenvalue weighted by Crippen LogP contribution is -2.24. The minimum atomic E-state index is -0.294. The first-order valence-electron chi connectivity index (χ1n) is 5.96. The molecule has 0 bridgehead atoms. The molecule has 98 valence electrons. The van der Waals surface area contributed by atoms with Crippen molar-refractivity contribution in [3.8, 4) is 5.75 Å². The zero-order chi connectivity index (χ0) is 13.4. The number of nitrogens with two attached hydrogens (primary N) is 1. The Morgan fingerprint density at radius 1 is 1.32 bits per heavy atom. The summed E-state index contributed by atoms with van der Waals surface area (Å²) in [6, 6.07) is 8.01. The second kappa shape index (κ2) is 4.90. The summed E-state index contributed by atoms with van der Waals surface area (Å²) in [6.07, 6.45) is 2.12. The molecule has 5 heteroatoms. The highest BCUT2D eigenvalue weighted by Gasteiger charge is 2.28. The third-order valence-electron chi connectivity index (χ3n) is 3.19. The standard InChI is InChI=1S/C14H12BrFN2O/c15-8-1-3-12(18-7-8)14-6-11(17)10-5-9(16)2-4-13(10)19-14/h1-5,7,11,14H,6,17H2/t11-,14?/m0/s1. The van der Waals surface area contributed by atoms with E-state index >= 15 is 0 Å². The van der Waals surface area contributed by atoms with Gasteiger partial charge in [-0.05, 0) is 46.3 Å². The van der Waals surface area contributed by atoms with E-state index in [0.29, 0.717) is 17.7 Å². The van der Waals surface area contributed by atoms with Crippen LogP contribution in [0.4, 0.5) is 4.39 Å². The van der Waals surface area contributed by atoms with E-state index in [2.05, 4.69) is 20.9 Å². The Morgan fingerprint density at radius 3 is 2.89 bits per heavy atom. The Hall–Kier alpha value is -1.46. The largest absolute Gasteiger partial charge is 0.484 e. The number of rotatable bonds is 1. The molecule has 1 aromatic heterocycles. The first-order valence-corrected chi connectivity index (χ1v) is 6.76. The Balaban J connectivity index is 1.92. The Kier molecular flexibility index (Phi) is 3.24. The number of ether oxygens (including phenoxy) is 1. The number of aromatic nitrogens is 1. The summed E-state index contributed by atoms with van der Waals surface area (Å²) < 4.78 is 20.0. The van der Waals surface area contributed by atoms with E-state index in [-0.39, 0.29) is 18.0 Å². The lowest BCUT2D eigenvalue weighted by Gasteiger charge is -2.30. The number of fused-ring (bicyclic) bond motifs is 1. The van der Waals surface area contributed by atoms with Crippen LogP contribution < -0.4 is 10.5 Å². The minimum Gasteiger partial charge on any atom is -0.484 e. The SMILES string of the molecule is N[C@H]1CC(c2ccc(Br)cn2)Oc2ccc(F)cc21. The van der Waals surface area contributed by atoms with Crippen molar-refractivity contribution in [3.63, 3.8) is 0 Å². The summed E-state index contributed by atoms with van der Waals surface area (Å²) in [5.74, 6) is 0.341. The molecule has 0 fully saturated rings. The summed E-state index contributed by atoms with van der Waals surface area (Å²) in [5, 5.41) is 0. The van der Waals surface area contributed by atoms with Crippen LogP contribution in [0.15, 0.2) is 41.0 Å². The molecular formula is C14H12BrFN2O. The van der Waals surface area contributed by atoms with E-state index in [1.54, 1.807) is 12.3 Å². The molecule has 0 saturated heterocycles. The molecule has 19 heavy (non-hydrogen) atoms. The fraction of sp³-hybridized carbons (Fsp3) is 0.214. The number of benzene rings is 1. The van der Waals surface area contributed by atoms with Gasteiger partial charge in [0.2, 0.25) is 0 Å². The maximum atomic E-state index is 13.2. The van der Waals surface area contributed by atoms with Crippen LogP contribution in [-0.4, -0.2) is 4.98 Å². The van der Waals surface area contributed by atoms with Crippen molar-refractivity contribution in [2.45, 2.75) is 18.6 Å². The van der Waals surface area contributed by atoms with Crippen molar-refractivity contribution in [2.75, 3.05) is 0 Å². The van der Waals surface area contributed by atoms with Gasteiger partial charge < -0.3 is 10.5 Å². The summed E-state index contributed by atoms with van der Waals surface area (Å²) in [6.45, 7) is 0. The summed E-state index contributed by atoms with van der Waals surface area (Å²) in [7, 11) is 0. The van der Waals surface area contributed by atoms with Crippen LogP contribution in [0.1, 0.15) is 29.8 Å². The molecule has 0 saturated carbocycles. The zero-order valence-corrected chi connectivity index (χ0v) is 11.6. The lowest BCUT2D eigenvalue weighted by molar-refractivity contribution is 0.157. The van der Waals surface area contributed by atoms with Crippen LogP contribution in [0.2, 0.25) is 0 Å². The minimum absolute atomic E-state index is 0.193. The fourth-order valence-corrected chi connectivity index (χ4v) is 2.47. The third-order valence-corrected chi connectivity index (χ3v) is 3.66. The molecule has 0 amide bonds. The quantitative estimate of drug-likeness (QED) is 0.874. The van der Waals surface area contributed by atoms with Gasteiger partial charge in [-0.25, -0.2) is 4.39 Å². The van der Waals surface area contributed by atoms with Gasteiger partial charge in [0.1, 0.15) is 17.7 Å². The molecule has 0 aliphatic carbocycles. The second-order valence-corrected chi connectivity index (χ2v) is 5.45. The van der Waals surface area contributed by atoms with Crippen LogP contribution in [0.3, 0.4) is 0 Å². The van der Waals surface area contributed by atoms with Gasteiger partial charge in [-0.15, -0.1) is 0 Å². The Bertz CT molecular complexity index is 603. The summed E-state index contributed by atoms with van der Waals surface area (Å²) in [4.78, 5) is 4.33. The van der Waals surface area contributed by atoms with Crippen molar-refractivity contribution in [2.24, 2.45) is 5.73 Å². The molecule has 0 radical (unpaired) electrons. The number of halogens is 2. The molecule has 2 aromatic rings. The molecule has 2 heterocycles. The van der Waals surface area contributed by atoms with Crippen LogP contribution in [0.5, 0.6) is 5.75 Å². The van der Waals surface area contributed by atoms with Crippen molar-refractivity contribution in [1.29, 1.82) is 0 Å². The van der Waals surface area contributed by atoms with Crippen molar-refractivity contribution >= 4 is 15.9 Å². The average molecular weight is 323 g/mol. The number of hydrogen-bond acceptors (Lipinski definition) is 3. The molecule has 3 rings (SSSR count). The predicted molar refractivity (Wildman–Crippen MR) is 73.3 cm³/mol. The van der Waals surface area contributed by atoms with E-state index in [1.165, 1.54) is 12.1 Å². The van der Waals surface area contributed by atoms with Crippen LogP contribution in [0.25, 0.3) is 0 Å². The van der Waals surface area contributed by atoms with Crippen molar-refractivity contribution in [1.82, 2.24) is 4.98 Å². The fourth-order valence-electron chi connectivity index (χ4n) is 2.23. The molecule has 3 nitrogen and oxygen atoms in total. The topological polar surface area (TPSA) is 48.1 Å². The van der Waals surface area contributed by atoms with Gasteiger partial charge in [0.05, 0.1) is 5.69 Å². The first-order chi connectivity index (χ1) is 9.13. The van der Waals surface area contributed by atoms with E-state index in [4.69, 9.17) is 10.5 Å². The monoisotopic (exact) mass is 322 g/mol. The highest BCUT2D eigenvalue weighted by atomic mass is 79.9. The van der Waals surface area contributed by atoms with E-state index in [0.717, 1.165) is 10.2 Å². The lowest BCUT2D eigenvalue weighted by atomic mass is 9.95. The van der Waals surface area contributed by atoms with Gasteiger partial charge in [0.25, 0.3) is 0 Å². The molecule has 1 aliphatic heterocycles. The van der Waals surface area contributed by atoms with Gasteiger partial charge in [0, 0.05) is 28.7 Å². The highest BCUT2D eigenvalue weighted by Crippen LogP contribution is 2.39. The van der Waals surface area contributed by atoms with Gasteiger partial charge in [0.15, 0.2) is 0 Å². The van der Waals surface area contributed by atoms with Crippen LogP contribution >= 0.6 is 15.9 Å². The Morgan fingerprint density at radius 2 is 2.16 bits per heavy atom. The third kappa shape index (κ3) is 2.48. The first kappa shape index (κ1) is 12.6. The normalized spacial score (nSPS) is 21.6. The van der Waals surface area contributed by atoms with Crippen LogP contribution in [-0.2, 0) is 0 Å². The molecular weight excluding hydrogens is 311 g/mol. The molecule has 1 aromatic carbocycles. The van der Waals surface area contributed by atoms with Crippen molar-refractivity contribution < 1.29 is 9.13 Å². The smallest absolute Gasteiger partial charge is 0.142 e. The van der Waals surface area contributed by atoms with E-state index in [9.17, 15) is 4.39 Å². The van der Waals surface area contributed by atoms with Gasteiger partial charge in [-0.3, -0.25) is 4.98 Å². The average Bonchev–Trinajstić information content (AvgIpc) is 2.40.